The van der Waals surface area contributed by atoms with E-state index < -0.39 is 0 Å². The Bertz CT molecular complexity index is 1460. The fourth-order valence-electron chi connectivity index (χ4n) is 5.15. The molecule has 6 rings (SSSR count). The molecule has 0 saturated carbocycles. The molecule has 1 aliphatic carbocycles. The van der Waals surface area contributed by atoms with Crippen molar-refractivity contribution in [1.82, 2.24) is 0 Å². The molecule has 1 heterocycles. The summed E-state index contributed by atoms with van der Waals surface area (Å²) >= 11 is 0. The average molecular weight is 399 g/mol. The van der Waals surface area contributed by atoms with E-state index in [4.69, 9.17) is 0 Å². The van der Waals surface area contributed by atoms with Crippen molar-refractivity contribution in [2.24, 2.45) is 7.05 Å². The van der Waals surface area contributed by atoms with Crippen molar-refractivity contribution >= 4 is 10.8 Å². The van der Waals surface area contributed by atoms with Gasteiger partial charge in [0.2, 0.25) is 5.69 Å². The maximum Gasteiger partial charge on any atom is 0.216 e. The van der Waals surface area contributed by atoms with Crippen LogP contribution in [0.15, 0.2) is 97.2 Å². The number of rotatable bonds is 2. The lowest BCUT2D eigenvalue weighted by Crippen LogP contribution is -2.32. The van der Waals surface area contributed by atoms with Crippen molar-refractivity contribution < 1.29 is 4.57 Å². The van der Waals surface area contributed by atoms with Gasteiger partial charge in [-0.2, -0.15) is 0 Å². The van der Waals surface area contributed by atoms with E-state index >= 15 is 0 Å². The molecule has 0 saturated heterocycles. The molecule has 0 unspecified atom stereocenters. The van der Waals surface area contributed by atoms with E-state index in [1.807, 2.05) is 0 Å². The van der Waals surface area contributed by atoms with E-state index in [-0.39, 0.29) is 0 Å². The normalized spacial score (nSPS) is 12.1. The van der Waals surface area contributed by atoms with E-state index in [1.54, 1.807) is 0 Å². The molecule has 0 amide bonds. The molecule has 0 atom stereocenters. The molecule has 5 aromatic rings. The van der Waals surface area contributed by atoms with Crippen LogP contribution >= 0.6 is 0 Å². The predicted octanol–water partition coefficient (Wildman–Crippen LogP) is 6.88. The zero-order chi connectivity index (χ0) is 20.9. The first-order valence-electron chi connectivity index (χ1n) is 10.9. The highest BCUT2D eigenvalue weighted by atomic mass is 14.9. The number of nitrogens with zero attached hydrogens (tertiary/aromatic N) is 1. The van der Waals surface area contributed by atoms with E-state index in [2.05, 4.69) is 116 Å². The topological polar surface area (TPSA) is 3.88 Å². The first kappa shape index (κ1) is 18.1. The summed E-state index contributed by atoms with van der Waals surface area (Å²) in [5.41, 5.74) is 12.2. The van der Waals surface area contributed by atoms with Gasteiger partial charge in [0.15, 0.2) is 6.20 Å². The minimum Gasteiger partial charge on any atom is -0.201 e. The van der Waals surface area contributed by atoms with Gasteiger partial charge < -0.3 is 0 Å². The summed E-state index contributed by atoms with van der Waals surface area (Å²) in [4.78, 5) is 0. The lowest BCUT2D eigenvalue weighted by atomic mass is 9.94. The first-order chi connectivity index (χ1) is 15.2. The van der Waals surface area contributed by atoms with Crippen LogP contribution in [0.2, 0.25) is 0 Å². The molecule has 1 aromatic heterocycles. The van der Waals surface area contributed by atoms with E-state index in [0.29, 0.717) is 0 Å². The predicted molar refractivity (Wildman–Crippen MR) is 129 cm³/mol. The highest BCUT2D eigenvalue weighted by Crippen LogP contribution is 2.44. The largest absolute Gasteiger partial charge is 0.216 e. The number of benzene rings is 4. The van der Waals surface area contributed by atoms with Crippen molar-refractivity contribution in [3.63, 3.8) is 0 Å². The van der Waals surface area contributed by atoms with Crippen LogP contribution in [0.25, 0.3) is 44.3 Å². The van der Waals surface area contributed by atoms with Crippen LogP contribution in [0.5, 0.6) is 0 Å². The standard InChI is InChI=1S/C30H24N/c1-20-8-6-7-11-25(20)30-28-19-24-13-12-23-18-22(21-9-4-3-5-10-21)14-15-26(23)29(24)27(28)16-17-31(30)2/h3-18H,19H2,1-2H3/q+1. The van der Waals surface area contributed by atoms with Gasteiger partial charge in [-0.05, 0) is 63.2 Å². The van der Waals surface area contributed by atoms with Gasteiger partial charge >= 0.3 is 0 Å². The van der Waals surface area contributed by atoms with Crippen LogP contribution in [0, 0.1) is 6.92 Å². The molecular formula is C30H24N+. The molecule has 1 nitrogen and oxygen atoms in total. The quantitative estimate of drug-likeness (QED) is 0.280. The highest BCUT2D eigenvalue weighted by Gasteiger charge is 2.29. The van der Waals surface area contributed by atoms with Crippen molar-refractivity contribution in [3.8, 4) is 33.5 Å². The Morgan fingerprint density at radius 3 is 2.35 bits per heavy atom. The molecular weight excluding hydrogens is 374 g/mol. The van der Waals surface area contributed by atoms with Crippen LogP contribution < -0.4 is 4.57 Å². The van der Waals surface area contributed by atoms with Crippen molar-refractivity contribution in [3.05, 3.63) is 114 Å². The summed E-state index contributed by atoms with van der Waals surface area (Å²) in [6, 6.07) is 33.2. The zero-order valence-corrected chi connectivity index (χ0v) is 17.9. The number of aromatic nitrogens is 1. The van der Waals surface area contributed by atoms with Gasteiger partial charge in [0.05, 0.1) is 0 Å². The lowest BCUT2D eigenvalue weighted by Gasteiger charge is -2.10. The molecule has 0 spiro atoms. The van der Waals surface area contributed by atoms with Gasteiger partial charge in [-0.1, -0.05) is 72.8 Å². The number of aryl methyl sites for hydroxylation is 2. The van der Waals surface area contributed by atoms with Crippen LogP contribution in [0.4, 0.5) is 0 Å². The Balaban J connectivity index is 1.57. The summed E-state index contributed by atoms with van der Waals surface area (Å²) in [6.45, 7) is 2.21. The third-order valence-corrected chi connectivity index (χ3v) is 6.68. The molecule has 0 fully saturated rings. The summed E-state index contributed by atoms with van der Waals surface area (Å²) in [6.07, 6.45) is 3.20. The molecule has 1 aliphatic rings. The zero-order valence-electron chi connectivity index (χ0n) is 17.9. The third kappa shape index (κ3) is 2.81. The van der Waals surface area contributed by atoms with E-state index in [1.165, 1.54) is 61.0 Å². The second-order valence-electron chi connectivity index (χ2n) is 8.56. The number of hydrogen-bond donors (Lipinski definition) is 0. The minimum absolute atomic E-state index is 0.986. The van der Waals surface area contributed by atoms with Gasteiger partial charge in [-0.25, -0.2) is 4.57 Å². The van der Waals surface area contributed by atoms with E-state index in [9.17, 15) is 0 Å². The third-order valence-electron chi connectivity index (χ3n) is 6.68. The first-order valence-corrected chi connectivity index (χ1v) is 10.9. The lowest BCUT2D eigenvalue weighted by molar-refractivity contribution is -0.660. The number of hydrogen-bond acceptors (Lipinski definition) is 0. The molecule has 0 aliphatic heterocycles. The fourth-order valence-corrected chi connectivity index (χ4v) is 5.15. The van der Waals surface area contributed by atoms with Crippen molar-refractivity contribution in [1.29, 1.82) is 0 Å². The van der Waals surface area contributed by atoms with Crippen LogP contribution in [0.1, 0.15) is 16.7 Å². The summed E-state index contributed by atoms with van der Waals surface area (Å²) in [5, 5.41) is 2.65. The van der Waals surface area contributed by atoms with Gasteiger partial charge in [-0.15, -0.1) is 0 Å². The second-order valence-corrected chi connectivity index (χ2v) is 8.56. The van der Waals surface area contributed by atoms with Crippen LogP contribution in [-0.2, 0) is 13.5 Å². The Hall–Kier alpha value is -3.71. The van der Waals surface area contributed by atoms with Gasteiger partial charge in [0, 0.05) is 23.6 Å². The second kappa shape index (κ2) is 6.92. The maximum absolute atomic E-state index is 2.33. The number of pyridine rings is 1. The SMILES string of the molecule is Cc1ccccc1-c1c2c(cc[n+]1C)-c1c(ccc3cc(-c4ccccc4)ccc13)C2. The Morgan fingerprint density at radius 2 is 1.52 bits per heavy atom. The van der Waals surface area contributed by atoms with Crippen molar-refractivity contribution in [2.45, 2.75) is 13.3 Å². The summed E-state index contributed by atoms with van der Waals surface area (Å²) < 4.78 is 2.28. The van der Waals surface area contributed by atoms with Crippen LogP contribution in [-0.4, -0.2) is 0 Å². The minimum atomic E-state index is 0.986. The summed E-state index contributed by atoms with van der Waals surface area (Å²) in [7, 11) is 2.16. The molecule has 148 valence electrons. The Kier molecular flexibility index (Phi) is 4.04. The van der Waals surface area contributed by atoms with Gasteiger partial charge in [0.25, 0.3) is 0 Å². The summed E-state index contributed by atoms with van der Waals surface area (Å²) in [5.74, 6) is 0. The molecule has 0 N–H and O–H groups in total. The van der Waals surface area contributed by atoms with Gasteiger partial charge in [0.1, 0.15) is 7.05 Å². The monoisotopic (exact) mass is 398 g/mol. The fraction of sp³-hybridized carbons (Fsp3) is 0.100. The Morgan fingerprint density at radius 1 is 0.710 bits per heavy atom. The highest BCUT2D eigenvalue weighted by molar-refractivity contribution is 6.03. The average Bonchev–Trinajstić information content (AvgIpc) is 3.19. The van der Waals surface area contributed by atoms with Crippen molar-refractivity contribution in [2.75, 3.05) is 0 Å². The molecule has 4 aromatic carbocycles. The number of fused-ring (bicyclic) bond motifs is 5. The molecule has 0 radical (unpaired) electrons. The molecule has 1 heteroatoms. The van der Waals surface area contributed by atoms with Gasteiger partial charge in [-0.3, -0.25) is 0 Å². The molecule has 31 heavy (non-hydrogen) atoms. The maximum atomic E-state index is 2.33. The van der Waals surface area contributed by atoms with Crippen LogP contribution in [0.3, 0.4) is 0 Å². The van der Waals surface area contributed by atoms with E-state index in [0.717, 1.165) is 6.42 Å². The Labute approximate surface area is 183 Å². The smallest absolute Gasteiger partial charge is 0.201 e. The molecule has 0 bridgehead atoms.